The minimum absolute atomic E-state index is 0.0812. The molecule has 0 unspecified atom stereocenters. The fraction of sp³-hybridized carbons (Fsp3) is 0.222. The quantitative estimate of drug-likeness (QED) is 0.537. The normalized spacial score (nSPS) is 11.4. The van der Waals surface area contributed by atoms with E-state index in [9.17, 15) is 13.2 Å². The zero-order valence-electron chi connectivity index (χ0n) is 15.5. The van der Waals surface area contributed by atoms with Crippen LogP contribution in [0.1, 0.15) is 20.8 Å². The molecular formula is C18H21ClN4O3S2. The molecule has 28 heavy (non-hydrogen) atoms. The highest BCUT2D eigenvalue weighted by Crippen LogP contribution is 2.17. The van der Waals surface area contributed by atoms with Gasteiger partial charge in [-0.1, -0.05) is 17.7 Å². The first-order valence-electron chi connectivity index (χ1n) is 8.23. The number of hydrogen-bond acceptors (Lipinski definition) is 4. The van der Waals surface area contributed by atoms with Gasteiger partial charge in [0.25, 0.3) is 10.0 Å². The van der Waals surface area contributed by atoms with E-state index >= 15 is 0 Å². The van der Waals surface area contributed by atoms with Gasteiger partial charge < -0.3 is 16.0 Å². The Bertz CT molecular complexity index is 971. The number of urea groups is 1. The molecule has 0 fully saturated rings. The second-order valence-electron chi connectivity index (χ2n) is 6.92. The lowest BCUT2D eigenvalue weighted by atomic mass is 10.1. The molecule has 0 atom stereocenters. The van der Waals surface area contributed by atoms with E-state index in [4.69, 9.17) is 23.8 Å². The molecule has 150 valence electrons. The fourth-order valence-corrected chi connectivity index (χ4v) is 3.62. The van der Waals surface area contributed by atoms with Gasteiger partial charge >= 0.3 is 6.03 Å². The average Bonchev–Trinajstić information content (AvgIpc) is 2.55. The molecule has 2 aromatic rings. The molecular weight excluding hydrogens is 420 g/mol. The molecule has 2 rings (SSSR count). The van der Waals surface area contributed by atoms with Crippen molar-refractivity contribution in [3.8, 4) is 0 Å². The number of sulfonamides is 1. The second-order valence-corrected chi connectivity index (χ2v) is 9.45. The number of carbonyl (C=O) groups is 1. The van der Waals surface area contributed by atoms with Gasteiger partial charge in [0.2, 0.25) is 0 Å². The highest BCUT2D eigenvalue weighted by molar-refractivity contribution is 7.90. The Morgan fingerprint density at radius 3 is 2.25 bits per heavy atom. The third-order valence-corrected chi connectivity index (χ3v) is 5.00. The molecule has 0 aliphatic heterocycles. The Balaban J connectivity index is 2.07. The minimum atomic E-state index is -4.07. The monoisotopic (exact) mass is 440 g/mol. The van der Waals surface area contributed by atoms with Crippen molar-refractivity contribution in [1.29, 1.82) is 0 Å². The van der Waals surface area contributed by atoms with Crippen LogP contribution in [0.15, 0.2) is 53.4 Å². The molecule has 0 saturated carbocycles. The maximum absolute atomic E-state index is 12.5. The van der Waals surface area contributed by atoms with Crippen molar-refractivity contribution in [3.63, 3.8) is 0 Å². The van der Waals surface area contributed by atoms with Crippen molar-refractivity contribution in [2.24, 2.45) is 0 Å². The smallest absolute Gasteiger partial charge is 0.333 e. The van der Waals surface area contributed by atoms with Gasteiger partial charge in [0.05, 0.1) is 4.90 Å². The largest absolute Gasteiger partial charge is 0.358 e. The van der Waals surface area contributed by atoms with Crippen LogP contribution in [0.3, 0.4) is 0 Å². The van der Waals surface area contributed by atoms with Crippen LogP contribution >= 0.6 is 23.8 Å². The van der Waals surface area contributed by atoms with Gasteiger partial charge in [-0.05, 0) is 75.5 Å². The fourth-order valence-electron chi connectivity index (χ4n) is 2.11. The molecule has 0 heterocycles. The van der Waals surface area contributed by atoms with Crippen LogP contribution in [0.2, 0.25) is 5.02 Å². The predicted octanol–water partition coefficient (Wildman–Crippen LogP) is 3.94. The lowest BCUT2D eigenvalue weighted by Crippen LogP contribution is -2.42. The zero-order chi connectivity index (χ0) is 20.9. The van der Waals surface area contributed by atoms with E-state index in [1.165, 1.54) is 12.1 Å². The Hall–Kier alpha value is -2.36. The molecule has 10 heteroatoms. The maximum Gasteiger partial charge on any atom is 0.333 e. The van der Waals surface area contributed by atoms with Crippen LogP contribution in [0.5, 0.6) is 0 Å². The molecule has 0 radical (unpaired) electrons. The first kappa shape index (κ1) is 21.9. The number of thiocarbonyl (C=S) groups is 1. The number of rotatable bonds is 4. The maximum atomic E-state index is 12.5. The van der Waals surface area contributed by atoms with E-state index in [2.05, 4.69) is 16.0 Å². The summed E-state index contributed by atoms with van der Waals surface area (Å²) in [6.45, 7) is 5.85. The molecule has 0 aliphatic carbocycles. The number of nitrogens with one attached hydrogen (secondary N) is 4. The molecule has 2 amide bonds. The van der Waals surface area contributed by atoms with Crippen molar-refractivity contribution >= 4 is 56.4 Å². The van der Waals surface area contributed by atoms with Crippen molar-refractivity contribution in [2.75, 3.05) is 10.6 Å². The molecule has 0 spiro atoms. The van der Waals surface area contributed by atoms with Crippen molar-refractivity contribution in [3.05, 3.63) is 53.6 Å². The van der Waals surface area contributed by atoms with Crippen LogP contribution in [-0.4, -0.2) is 25.1 Å². The summed E-state index contributed by atoms with van der Waals surface area (Å²) >= 11 is 11.0. The second kappa shape index (κ2) is 8.76. The third kappa shape index (κ3) is 6.99. The Morgan fingerprint density at radius 2 is 1.64 bits per heavy atom. The van der Waals surface area contributed by atoms with Crippen LogP contribution in [0, 0.1) is 0 Å². The van der Waals surface area contributed by atoms with E-state index in [1.54, 1.807) is 36.4 Å². The van der Waals surface area contributed by atoms with Gasteiger partial charge in [0.15, 0.2) is 5.11 Å². The Morgan fingerprint density at radius 1 is 1.00 bits per heavy atom. The van der Waals surface area contributed by atoms with E-state index in [0.717, 1.165) is 0 Å². The zero-order valence-corrected chi connectivity index (χ0v) is 17.9. The molecule has 0 saturated heterocycles. The van der Waals surface area contributed by atoms with Crippen LogP contribution in [0.4, 0.5) is 16.2 Å². The third-order valence-electron chi connectivity index (χ3n) is 3.22. The summed E-state index contributed by atoms with van der Waals surface area (Å²) in [5.74, 6) is 0. The number of amides is 2. The summed E-state index contributed by atoms with van der Waals surface area (Å²) < 4.78 is 26.9. The van der Waals surface area contributed by atoms with E-state index in [0.29, 0.717) is 21.5 Å². The summed E-state index contributed by atoms with van der Waals surface area (Å²) in [6.07, 6.45) is 0. The lowest BCUT2D eigenvalue weighted by molar-refractivity contribution is 0.256. The highest BCUT2D eigenvalue weighted by atomic mass is 35.5. The van der Waals surface area contributed by atoms with Gasteiger partial charge in [0.1, 0.15) is 0 Å². The van der Waals surface area contributed by atoms with Crippen molar-refractivity contribution in [2.45, 2.75) is 31.2 Å². The van der Waals surface area contributed by atoms with Crippen LogP contribution in [0.25, 0.3) is 0 Å². The van der Waals surface area contributed by atoms with Crippen molar-refractivity contribution < 1.29 is 13.2 Å². The minimum Gasteiger partial charge on any atom is -0.358 e. The summed E-state index contributed by atoms with van der Waals surface area (Å²) in [7, 11) is -4.07. The number of halogens is 1. The highest BCUT2D eigenvalue weighted by Gasteiger charge is 2.18. The van der Waals surface area contributed by atoms with Gasteiger partial charge in [-0.25, -0.2) is 17.9 Å². The van der Waals surface area contributed by atoms with Gasteiger partial charge in [-0.15, -0.1) is 0 Å². The summed E-state index contributed by atoms with van der Waals surface area (Å²) in [5, 5.41) is 9.29. The Kier molecular flexibility index (Phi) is 6.87. The predicted molar refractivity (Wildman–Crippen MR) is 116 cm³/mol. The number of carbonyl (C=O) groups excluding carboxylic acids is 1. The molecule has 4 N–H and O–H groups in total. The van der Waals surface area contributed by atoms with E-state index < -0.39 is 16.1 Å². The first-order valence-corrected chi connectivity index (χ1v) is 10.5. The molecule has 2 aromatic carbocycles. The van der Waals surface area contributed by atoms with Gasteiger partial charge in [0, 0.05) is 21.9 Å². The van der Waals surface area contributed by atoms with Crippen molar-refractivity contribution in [1.82, 2.24) is 10.0 Å². The summed E-state index contributed by atoms with van der Waals surface area (Å²) in [6, 6.07) is 11.4. The number of hydrogen-bond donors (Lipinski definition) is 4. The number of benzene rings is 2. The van der Waals surface area contributed by atoms with Crippen LogP contribution < -0.4 is 20.7 Å². The molecule has 0 aromatic heterocycles. The molecule has 0 aliphatic rings. The van der Waals surface area contributed by atoms with Gasteiger partial charge in [-0.3, -0.25) is 0 Å². The lowest BCUT2D eigenvalue weighted by Gasteiger charge is -2.23. The molecule has 7 nitrogen and oxygen atoms in total. The standard InChI is InChI=1S/C18H21ClN4O3S2/c1-18(2,3)22-17(27)21-14-5-4-6-15(11-14)28(25,26)23-16(24)20-13-9-7-12(19)8-10-13/h4-11H,1-3H3,(H2,20,23,24)(H2,21,22,27). The Labute approximate surface area is 174 Å². The summed E-state index contributed by atoms with van der Waals surface area (Å²) in [4.78, 5) is 11.9. The van der Waals surface area contributed by atoms with Crippen LogP contribution in [-0.2, 0) is 10.0 Å². The summed E-state index contributed by atoms with van der Waals surface area (Å²) in [5.41, 5.74) is 0.642. The molecule has 0 bridgehead atoms. The SMILES string of the molecule is CC(C)(C)NC(=S)Nc1cccc(S(=O)(=O)NC(=O)Nc2ccc(Cl)cc2)c1. The van der Waals surface area contributed by atoms with Gasteiger partial charge in [-0.2, -0.15) is 0 Å². The van der Waals surface area contributed by atoms with E-state index in [1.807, 2.05) is 25.5 Å². The number of anilines is 2. The van der Waals surface area contributed by atoms with E-state index in [-0.39, 0.29) is 10.4 Å². The topological polar surface area (TPSA) is 99.3 Å². The first-order chi connectivity index (χ1) is 12.9. The average molecular weight is 441 g/mol.